The number of nitrogens with one attached hydrogen (secondary N) is 1. The number of halogens is 4. The summed E-state index contributed by atoms with van der Waals surface area (Å²) >= 11 is 6.47. The van der Waals surface area contributed by atoms with E-state index in [0.29, 0.717) is 10.8 Å². The van der Waals surface area contributed by atoms with Crippen LogP contribution in [0.15, 0.2) is 48.6 Å². The predicted octanol–water partition coefficient (Wildman–Crippen LogP) is 6.07. The highest BCUT2D eigenvalue weighted by atomic mass is 35.5. The van der Waals surface area contributed by atoms with Gasteiger partial charge >= 0.3 is 6.36 Å². The Bertz CT molecular complexity index is 897. The Balaban J connectivity index is 1.70. The first-order chi connectivity index (χ1) is 12.9. The summed E-state index contributed by atoms with van der Waals surface area (Å²) in [6.45, 7) is 0. The van der Waals surface area contributed by atoms with Crippen LogP contribution in [0.4, 0.5) is 18.9 Å². The maximum atomic E-state index is 12.6. The van der Waals surface area contributed by atoms with Gasteiger partial charge in [0.2, 0.25) is 0 Å². The van der Waals surface area contributed by atoms with Gasteiger partial charge in [-0.05, 0) is 53.8 Å². The zero-order valence-electron chi connectivity index (χ0n) is 14.4. The third kappa shape index (κ3) is 3.46. The van der Waals surface area contributed by atoms with Crippen molar-refractivity contribution in [3.05, 3.63) is 64.7 Å². The summed E-state index contributed by atoms with van der Waals surface area (Å²) in [7, 11) is 1.58. The normalized spacial score (nSPS) is 23.4. The Hall–Kier alpha value is -2.34. The maximum absolute atomic E-state index is 12.6. The van der Waals surface area contributed by atoms with Gasteiger partial charge in [0.05, 0.1) is 13.2 Å². The van der Waals surface area contributed by atoms with Crippen LogP contribution in [-0.2, 0) is 0 Å². The summed E-state index contributed by atoms with van der Waals surface area (Å²) in [6.07, 6.45) is 0.217. The molecule has 2 aliphatic rings. The van der Waals surface area contributed by atoms with Crippen LogP contribution in [0.25, 0.3) is 0 Å². The molecule has 1 heterocycles. The van der Waals surface area contributed by atoms with Crippen molar-refractivity contribution >= 4 is 17.3 Å². The lowest BCUT2D eigenvalue weighted by atomic mass is 9.77. The SMILES string of the molecule is COc1ccc(C2Nc3ccc(OC(F)(F)F)cc3C3C=CCC32)c(Cl)c1. The van der Waals surface area contributed by atoms with Gasteiger partial charge in [0, 0.05) is 16.6 Å². The number of hydrogen-bond donors (Lipinski definition) is 1. The van der Waals surface area contributed by atoms with Crippen molar-refractivity contribution in [3.8, 4) is 11.5 Å². The number of ether oxygens (including phenoxy) is 2. The zero-order valence-corrected chi connectivity index (χ0v) is 15.1. The third-order valence-corrected chi connectivity index (χ3v) is 5.44. The van der Waals surface area contributed by atoms with E-state index in [0.717, 1.165) is 23.2 Å². The molecule has 0 fully saturated rings. The van der Waals surface area contributed by atoms with Crippen molar-refractivity contribution in [2.24, 2.45) is 5.92 Å². The number of rotatable bonds is 3. The number of benzene rings is 2. The quantitative estimate of drug-likeness (QED) is 0.639. The summed E-state index contributed by atoms with van der Waals surface area (Å²) in [6, 6.07) is 9.93. The van der Waals surface area contributed by atoms with E-state index in [2.05, 4.69) is 16.1 Å². The molecule has 2 aromatic rings. The van der Waals surface area contributed by atoms with Gasteiger partial charge in [0.25, 0.3) is 0 Å². The number of anilines is 1. The number of hydrogen-bond acceptors (Lipinski definition) is 3. The highest BCUT2D eigenvalue weighted by molar-refractivity contribution is 6.31. The van der Waals surface area contributed by atoms with Crippen LogP contribution in [0.2, 0.25) is 5.02 Å². The van der Waals surface area contributed by atoms with Gasteiger partial charge in [0.15, 0.2) is 0 Å². The number of methoxy groups -OCH3 is 1. The third-order valence-electron chi connectivity index (χ3n) is 5.11. The monoisotopic (exact) mass is 395 g/mol. The zero-order chi connectivity index (χ0) is 19.2. The van der Waals surface area contributed by atoms with Gasteiger partial charge in [-0.15, -0.1) is 13.2 Å². The molecule has 0 saturated carbocycles. The molecule has 1 aliphatic heterocycles. The molecule has 0 amide bonds. The van der Waals surface area contributed by atoms with Crippen LogP contribution in [0.3, 0.4) is 0 Å². The van der Waals surface area contributed by atoms with Crippen LogP contribution in [0.5, 0.6) is 11.5 Å². The van der Waals surface area contributed by atoms with Crippen molar-refractivity contribution < 1.29 is 22.6 Å². The molecule has 3 nitrogen and oxygen atoms in total. The molecule has 3 unspecified atom stereocenters. The fourth-order valence-corrected chi connectivity index (χ4v) is 4.25. The van der Waals surface area contributed by atoms with Crippen molar-refractivity contribution in [1.82, 2.24) is 0 Å². The first-order valence-corrected chi connectivity index (χ1v) is 8.90. The standard InChI is InChI=1S/C20H17ClF3NO2/c1-26-11-5-7-15(17(21)10-11)19-14-4-2-3-13(14)16-9-12(27-20(22,23)24)6-8-18(16)25-19/h2-3,5-10,13-14,19,25H,4H2,1H3. The molecular formula is C20H17ClF3NO2. The maximum Gasteiger partial charge on any atom is 0.573 e. The Morgan fingerprint density at radius 2 is 1.85 bits per heavy atom. The summed E-state index contributed by atoms with van der Waals surface area (Å²) in [5.41, 5.74) is 2.53. The molecule has 0 radical (unpaired) electrons. The molecule has 2 aromatic carbocycles. The van der Waals surface area contributed by atoms with Crippen LogP contribution in [0, 0.1) is 5.92 Å². The molecule has 0 saturated heterocycles. The van der Waals surface area contributed by atoms with Crippen molar-refractivity contribution in [2.45, 2.75) is 24.7 Å². The summed E-state index contributed by atoms with van der Waals surface area (Å²) < 4.78 is 47.0. The van der Waals surface area contributed by atoms with Gasteiger partial charge in [-0.2, -0.15) is 0 Å². The van der Waals surface area contributed by atoms with Crippen molar-refractivity contribution in [2.75, 3.05) is 12.4 Å². The van der Waals surface area contributed by atoms with Crippen molar-refractivity contribution in [3.63, 3.8) is 0 Å². The molecule has 3 atom stereocenters. The van der Waals surface area contributed by atoms with Crippen LogP contribution < -0.4 is 14.8 Å². The van der Waals surface area contributed by atoms with E-state index >= 15 is 0 Å². The summed E-state index contributed by atoms with van der Waals surface area (Å²) in [5.74, 6) is 0.628. The molecule has 1 N–H and O–H groups in total. The topological polar surface area (TPSA) is 30.5 Å². The van der Waals surface area contributed by atoms with Crippen LogP contribution in [0.1, 0.15) is 29.5 Å². The van der Waals surface area contributed by atoms with Gasteiger partial charge in [0.1, 0.15) is 11.5 Å². The Labute approximate surface area is 159 Å². The van der Waals surface area contributed by atoms with Crippen LogP contribution >= 0.6 is 11.6 Å². The second-order valence-electron chi connectivity index (χ2n) is 6.66. The van der Waals surface area contributed by atoms with Gasteiger partial charge in [-0.25, -0.2) is 0 Å². The fraction of sp³-hybridized carbons (Fsp3) is 0.300. The Morgan fingerprint density at radius 3 is 2.56 bits per heavy atom. The second kappa shape index (κ2) is 6.68. The lowest BCUT2D eigenvalue weighted by Crippen LogP contribution is -2.29. The minimum Gasteiger partial charge on any atom is -0.497 e. The predicted molar refractivity (Wildman–Crippen MR) is 97.5 cm³/mol. The number of fused-ring (bicyclic) bond motifs is 3. The molecule has 7 heteroatoms. The van der Waals surface area contributed by atoms with E-state index in [-0.39, 0.29) is 23.6 Å². The molecule has 142 valence electrons. The van der Waals surface area contributed by atoms with Gasteiger partial charge in [-0.3, -0.25) is 0 Å². The molecule has 0 aromatic heterocycles. The Morgan fingerprint density at radius 1 is 1.07 bits per heavy atom. The smallest absolute Gasteiger partial charge is 0.497 e. The highest BCUT2D eigenvalue weighted by Crippen LogP contribution is 2.51. The van der Waals surface area contributed by atoms with E-state index in [9.17, 15) is 13.2 Å². The minimum absolute atomic E-state index is 0.00111. The molecule has 27 heavy (non-hydrogen) atoms. The fourth-order valence-electron chi connectivity index (χ4n) is 3.96. The first-order valence-electron chi connectivity index (χ1n) is 8.52. The van der Waals surface area contributed by atoms with E-state index in [4.69, 9.17) is 16.3 Å². The van der Waals surface area contributed by atoms with E-state index in [1.807, 2.05) is 18.2 Å². The van der Waals surface area contributed by atoms with Crippen molar-refractivity contribution in [1.29, 1.82) is 0 Å². The molecule has 0 spiro atoms. The highest BCUT2D eigenvalue weighted by Gasteiger charge is 2.39. The minimum atomic E-state index is -4.71. The summed E-state index contributed by atoms with van der Waals surface area (Å²) in [5, 5.41) is 4.05. The van der Waals surface area contributed by atoms with E-state index in [1.54, 1.807) is 19.2 Å². The number of alkyl halides is 3. The molecule has 0 bridgehead atoms. The van der Waals surface area contributed by atoms with Crippen LogP contribution in [-0.4, -0.2) is 13.5 Å². The van der Waals surface area contributed by atoms with Gasteiger partial charge < -0.3 is 14.8 Å². The average Bonchev–Trinajstić information content (AvgIpc) is 3.10. The molecule has 1 aliphatic carbocycles. The van der Waals surface area contributed by atoms with E-state index < -0.39 is 6.36 Å². The first kappa shape index (κ1) is 18.0. The average molecular weight is 396 g/mol. The Kier molecular flexibility index (Phi) is 4.46. The number of allylic oxidation sites excluding steroid dienone is 2. The van der Waals surface area contributed by atoms with Gasteiger partial charge in [-0.1, -0.05) is 29.8 Å². The second-order valence-corrected chi connectivity index (χ2v) is 7.07. The lowest BCUT2D eigenvalue weighted by molar-refractivity contribution is -0.274. The lowest BCUT2D eigenvalue weighted by Gasteiger charge is -2.38. The molecule has 4 rings (SSSR count). The molecular weight excluding hydrogens is 379 g/mol. The van der Waals surface area contributed by atoms with E-state index in [1.165, 1.54) is 12.1 Å². The summed E-state index contributed by atoms with van der Waals surface area (Å²) in [4.78, 5) is 0. The largest absolute Gasteiger partial charge is 0.573 e.